The molecule has 176 valence electrons. The number of ether oxygens (including phenoxy) is 1. The van der Waals surface area contributed by atoms with Gasteiger partial charge in [-0.2, -0.15) is 0 Å². The molecule has 4 aromatic rings. The van der Waals surface area contributed by atoms with E-state index >= 15 is 0 Å². The molecule has 0 amide bonds. The molecule has 0 fully saturated rings. The Morgan fingerprint density at radius 2 is 1.74 bits per heavy atom. The first-order chi connectivity index (χ1) is 16.3. The highest BCUT2D eigenvalue weighted by Crippen LogP contribution is 2.27. The Morgan fingerprint density at radius 3 is 2.44 bits per heavy atom. The van der Waals surface area contributed by atoms with Gasteiger partial charge >= 0.3 is 5.69 Å². The highest BCUT2D eigenvalue weighted by molar-refractivity contribution is 8.00. The fraction of sp³-hybridized carbons (Fsp3) is 0.130. The summed E-state index contributed by atoms with van der Waals surface area (Å²) in [5.74, 6) is 0.639. The van der Waals surface area contributed by atoms with E-state index in [0.29, 0.717) is 28.2 Å². The fourth-order valence-corrected chi connectivity index (χ4v) is 6.55. The van der Waals surface area contributed by atoms with Gasteiger partial charge in [0, 0.05) is 10.8 Å². The SMILES string of the molecule is O=c1[nH]nc(SCCS(=O)(=O)c2ccc(Cl)cc2Cl)n1-c1ccc(OCc2ccccc2)cc1. The summed E-state index contributed by atoms with van der Waals surface area (Å²) in [4.78, 5) is 12.4. The summed E-state index contributed by atoms with van der Waals surface area (Å²) in [7, 11) is -3.64. The van der Waals surface area contributed by atoms with E-state index in [2.05, 4.69) is 10.2 Å². The lowest BCUT2D eigenvalue weighted by Crippen LogP contribution is -2.16. The van der Waals surface area contributed by atoms with Crippen molar-refractivity contribution >= 4 is 44.8 Å². The summed E-state index contributed by atoms with van der Waals surface area (Å²) in [6.07, 6.45) is 0. The number of aromatic amines is 1. The number of rotatable bonds is 9. The van der Waals surface area contributed by atoms with Crippen LogP contribution in [0.4, 0.5) is 0 Å². The van der Waals surface area contributed by atoms with Gasteiger partial charge in [0.15, 0.2) is 15.0 Å². The second-order valence-electron chi connectivity index (χ2n) is 7.16. The first kappa shape index (κ1) is 24.4. The van der Waals surface area contributed by atoms with Crippen LogP contribution in [0.25, 0.3) is 5.69 Å². The van der Waals surface area contributed by atoms with Crippen LogP contribution in [-0.2, 0) is 16.4 Å². The lowest BCUT2D eigenvalue weighted by Gasteiger charge is -2.09. The second kappa shape index (κ2) is 10.7. The van der Waals surface area contributed by atoms with E-state index in [0.717, 1.165) is 17.3 Å². The van der Waals surface area contributed by atoms with E-state index in [4.69, 9.17) is 27.9 Å². The van der Waals surface area contributed by atoms with Gasteiger partial charge in [0.25, 0.3) is 0 Å². The van der Waals surface area contributed by atoms with Gasteiger partial charge in [-0.25, -0.2) is 22.9 Å². The Morgan fingerprint density at radius 1 is 1.00 bits per heavy atom. The summed E-state index contributed by atoms with van der Waals surface area (Å²) in [5.41, 5.74) is 1.20. The third kappa shape index (κ3) is 5.85. The molecule has 1 aromatic heterocycles. The summed E-state index contributed by atoms with van der Waals surface area (Å²) >= 11 is 13.0. The van der Waals surface area contributed by atoms with Crippen molar-refractivity contribution < 1.29 is 13.2 Å². The monoisotopic (exact) mass is 535 g/mol. The minimum atomic E-state index is -3.64. The van der Waals surface area contributed by atoms with E-state index in [1.807, 2.05) is 30.3 Å². The van der Waals surface area contributed by atoms with Crippen molar-refractivity contribution in [1.82, 2.24) is 14.8 Å². The van der Waals surface area contributed by atoms with Gasteiger partial charge in [-0.1, -0.05) is 65.3 Å². The summed E-state index contributed by atoms with van der Waals surface area (Å²) in [6.45, 7) is 0.430. The first-order valence-corrected chi connectivity index (χ1v) is 13.5. The van der Waals surface area contributed by atoms with Gasteiger partial charge in [-0.3, -0.25) is 0 Å². The van der Waals surface area contributed by atoms with Gasteiger partial charge in [-0.05, 0) is 48.0 Å². The molecule has 0 saturated heterocycles. The molecule has 0 aliphatic carbocycles. The molecule has 0 aliphatic heterocycles. The van der Waals surface area contributed by atoms with Crippen LogP contribution < -0.4 is 10.4 Å². The van der Waals surface area contributed by atoms with Crippen LogP contribution in [0.5, 0.6) is 5.75 Å². The Kier molecular flexibility index (Phi) is 7.67. The molecule has 0 aliphatic rings. The minimum Gasteiger partial charge on any atom is -0.489 e. The average Bonchev–Trinajstić information content (AvgIpc) is 3.18. The van der Waals surface area contributed by atoms with Crippen LogP contribution in [0.15, 0.2) is 87.6 Å². The quantitative estimate of drug-likeness (QED) is 0.302. The molecule has 3 aromatic carbocycles. The number of halogens is 2. The van der Waals surface area contributed by atoms with Crippen molar-refractivity contribution in [2.75, 3.05) is 11.5 Å². The molecule has 0 spiro atoms. The molecule has 34 heavy (non-hydrogen) atoms. The van der Waals surface area contributed by atoms with Crippen molar-refractivity contribution in [1.29, 1.82) is 0 Å². The number of aromatic nitrogens is 3. The lowest BCUT2D eigenvalue weighted by atomic mass is 10.2. The topological polar surface area (TPSA) is 94.0 Å². The highest BCUT2D eigenvalue weighted by atomic mass is 35.5. The number of hydrogen-bond donors (Lipinski definition) is 1. The molecular formula is C23H19Cl2N3O4S2. The predicted octanol–water partition coefficient (Wildman–Crippen LogP) is 5.01. The molecule has 0 radical (unpaired) electrons. The highest BCUT2D eigenvalue weighted by Gasteiger charge is 2.19. The summed E-state index contributed by atoms with van der Waals surface area (Å²) < 4.78 is 32.5. The number of nitrogens with one attached hydrogen (secondary N) is 1. The smallest absolute Gasteiger partial charge is 0.348 e. The van der Waals surface area contributed by atoms with E-state index in [9.17, 15) is 13.2 Å². The zero-order chi connectivity index (χ0) is 24.1. The number of benzene rings is 3. The predicted molar refractivity (Wildman–Crippen MR) is 134 cm³/mol. The van der Waals surface area contributed by atoms with Gasteiger partial charge in [0.2, 0.25) is 0 Å². The first-order valence-electron chi connectivity index (χ1n) is 10.1. The average molecular weight is 536 g/mol. The molecule has 0 bridgehead atoms. The summed E-state index contributed by atoms with van der Waals surface area (Å²) in [5, 5.41) is 7.22. The molecule has 7 nitrogen and oxygen atoms in total. The maximum Gasteiger partial charge on any atom is 0.348 e. The van der Waals surface area contributed by atoms with E-state index < -0.39 is 15.5 Å². The minimum absolute atomic E-state index is 0.0182. The van der Waals surface area contributed by atoms with Gasteiger partial charge in [0.1, 0.15) is 12.4 Å². The van der Waals surface area contributed by atoms with E-state index in [-0.39, 0.29) is 21.4 Å². The zero-order valence-electron chi connectivity index (χ0n) is 17.6. The van der Waals surface area contributed by atoms with Crippen molar-refractivity contribution in [3.05, 3.63) is 98.9 Å². The zero-order valence-corrected chi connectivity index (χ0v) is 20.8. The Balaban J connectivity index is 1.42. The van der Waals surface area contributed by atoms with Crippen molar-refractivity contribution in [2.45, 2.75) is 16.7 Å². The van der Waals surface area contributed by atoms with Crippen LogP contribution >= 0.6 is 35.0 Å². The third-order valence-electron chi connectivity index (χ3n) is 4.80. The van der Waals surface area contributed by atoms with Crippen LogP contribution in [0, 0.1) is 0 Å². The molecule has 0 saturated carbocycles. The molecule has 0 atom stereocenters. The van der Waals surface area contributed by atoms with Gasteiger partial charge in [-0.15, -0.1) is 5.10 Å². The largest absolute Gasteiger partial charge is 0.489 e. The molecule has 1 N–H and O–H groups in total. The Labute approximate surface area is 210 Å². The Bertz CT molecular complexity index is 1440. The third-order valence-corrected chi connectivity index (χ3v) is 8.42. The number of hydrogen-bond acceptors (Lipinski definition) is 6. The molecule has 11 heteroatoms. The second-order valence-corrected chi connectivity index (χ2v) is 11.1. The maximum absolute atomic E-state index is 12.7. The molecule has 1 heterocycles. The summed E-state index contributed by atoms with van der Waals surface area (Å²) in [6, 6.07) is 21.1. The van der Waals surface area contributed by atoms with Crippen molar-refractivity contribution in [3.63, 3.8) is 0 Å². The Hall–Kier alpha value is -2.72. The molecule has 4 rings (SSSR count). The van der Waals surface area contributed by atoms with Crippen LogP contribution in [0.1, 0.15) is 5.56 Å². The number of sulfone groups is 1. The van der Waals surface area contributed by atoms with Crippen molar-refractivity contribution in [2.24, 2.45) is 0 Å². The van der Waals surface area contributed by atoms with E-state index in [1.165, 1.54) is 22.8 Å². The van der Waals surface area contributed by atoms with E-state index in [1.54, 1.807) is 24.3 Å². The van der Waals surface area contributed by atoms with Crippen molar-refractivity contribution in [3.8, 4) is 11.4 Å². The van der Waals surface area contributed by atoms with Gasteiger partial charge < -0.3 is 4.74 Å². The molecular weight excluding hydrogens is 517 g/mol. The lowest BCUT2D eigenvalue weighted by molar-refractivity contribution is 0.306. The van der Waals surface area contributed by atoms with Crippen LogP contribution in [0.2, 0.25) is 10.0 Å². The van der Waals surface area contributed by atoms with Crippen LogP contribution in [-0.4, -0.2) is 34.7 Å². The standard InChI is InChI=1S/C23H19Cl2N3O4S2/c24-17-6-11-21(20(25)14-17)34(30,31)13-12-33-23-27-26-22(29)28(23)18-7-9-19(10-8-18)32-15-16-4-2-1-3-5-16/h1-11,14H,12-13,15H2,(H,26,29). The van der Waals surface area contributed by atoms with Crippen LogP contribution in [0.3, 0.4) is 0 Å². The number of H-pyrrole nitrogens is 1. The maximum atomic E-state index is 12.7. The molecule has 0 unspecified atom stereocenters. The number of nitrogens with zero attached hydrogens (tertiary/aromatic N) is 2. The fourth-order valence-electron chi connectivity index (χ4n) is 3.12. The number of thioether (sulfide) groups is 1. The van der Waals surface area contributed by atoms with Gasteiger partial charge in [0.05, 0.1) is 21.4 Å². The normalized spacial score (nSPS) is 11.5.